The van der Waals surface area contributed by atoms with Crippen LogP contribution in [0.25, 0.3) is 0 Å². The van der Waals surface area contributed by atoms with E-state index < -0.39 is 0 Å². The molecule has 0 spiro atoms. The Labute approximate surface area is 210 Å². The standard InChI is InChI=1S/C24H32Cl2FN7/c1-2-19-15-33(23-21(26)12-18(13-30-23)31-24(28)29)9-10-34(19)20-5-7-32(8-6-20)14-16-3-4-17(25)11-22(16)27/h3-4,11-13,19-20H,2,5-10,14-15H2,1H3,(H4,28,29,31). The Hall–Kier alpha value is -2.13. The molecule has 4 N–H and O–H groups in total. The van der Waals surface area contributed by atoms with Gasteiger partial charge in [-0.15, -0.1) is 0 Å². The zero-order valence-corrected chi connectivity index (χ0v) is 20.9. The molecule has 1 unspecified atom stereocenters. The number of hydrogen-bond donors (Lipinski definition) is 2. The Morgan fingerprint density at radius 1 is 1.15 bits per heavy atom. The fourth-order valence-corrected chi connectivity index (χ4v) is 5.51. The molecule has 2 aliphatic heterocycles. The van der Waals surface area contributed by atoms with Crippen molar-refractivity contribution < 1.29 is 4.39 Å². The lowest BCUT2D eigenvalue weighted by atomic mass is 9.97. The van der Waals surface area contributed by atoms with Gasteiger partial charge in [-0.25, -0.2) is 14.4 Å². The highest BCUT2D eigenvalue weighted by Crippen LogP contribution is 2.31. The SMILES string of the molecule is CCC1CN(c2ncc(N=C(N)N)cc2Cl)CCN1C1CCN(Cc2ccc(Cl)cc2F)CC1. The number of rotatable bonds is 6. The van der Waals surface area contributed by atoms with E-state index in [0.29, 0.717) is 39.9 Å². The van der Waals surface area contributed by atoms with Gasteiger partial charge in [0.1, 0.15) is 11.6 Å². The summed E-state index contributed by atoms with van der Waals surface area (Å²) in [5.41, 5.74) is 12.2. The van der Waals surface area contributed by atoms with E-state index in [2.05, 4.69) is 31.6 Å². The highest BCUT2D eigenvalue weighted by atomic mass is 35.5. The van der Waals surface area contributed by atoms with Gasteiger partial charge < -0.3 is 16.4 Å². The van der Waals surface area contributed by atoms with Gasteiger partial charge in [0.05, 0.1) is 16.9 Å². The molecule has 2 saturated heterocycles. The molecule has 2 fully saturated rings. The molecule has 0 amide bonds. The smallest absolute Gasteiger partial charge is 0.191 e. The minimum atomic E-state index is -0.226. The summed E-state index contributed by atoms with van der Waals surface area (Å²) in [4.78, 5) is 15.8. The van der Waals surface area contributed by atoms with Crippen molar-refractivity contribution in [3.05, 3.63) is 51.9 Å². The number of aliphatic imine (C=N–C) groups is 1. The molecule has 34 heavy (non-hydrogen) atoms. The van der Waals surface area contributed by atoms with E-state index in [1.165, 1.54) is 6.07 Å². The van der Waals surface area contributed by atoms with Gasteiger partial charge in [-0.3, -0.25) is 9.80 Å². The van der Waals surface area contributed by atoms with Crippen LogP contribution in [-0.4, -0.2) is 65.6 Å². The Bertz CT molecular complexity index is 1020. The lowest BCUT2D eigenvalue weighted by Crippen LogP contribution is -2.58. The van der Waals surface area contributed by atoms with Crippen LogP contribution >= 0.6 is 23.2 Å². The molecule has 1 atom stereocenters. The van der Waals surface area contributed by atoms with Crippen molar-refractivity contribution in [3.8, 4) is 0 Å². The largest absolute Gasteiger partial charge is 0.370 e. The second-order valence-corrected chi connectivity index (χ2v) is 9.87. The number of piperidine rings is 1. The zero-order valence-electron chi connectivity index (χ0n) is 19.4. The number of anilines is 1. The number of hydrogen-bond acceptors (Lipinski definition) is 5. The summed E-state index contributed by atoms with van der Waals surface area (Å²) in [5, 5.41) is 0.986. The first-order valence-electron chi connectivity index (χ1n) is 11.8. The van der Waals surface area contributed by atoms with Crippen LogP contribution in [0.1, 0.15) is 31.7 Å². The number of likely N-dealkylation sites (tertiary alicyclic amines) is 1. The maximum atomic E-state index is 14.2. The number of nitrogens with two attached hydrogens (primary N) is 2. The molecule has 0 saturated carbocycles. The molecule has 4 rings (SSSR count). The van der Waals surface area contributed by atoms with Crippen molar-refractivity contribution in [1.82, 2.24) is 14.8 Å². The van der Waals surface area contributed by atoms with E-state index >= 15 is 0 Å². The molecule has 0 bridgehead atoms. The van der Waals surface area contributed by atoms with Crippen molar-refractivity contribution in [2.45, 2.75) is 44.8 Å². The van der Waals surface area contributed by atoms with Crippen LogP contribution in [0.5, 0.6) is 0 Å². The molecule has 1 aromatic heterocycles. The summed E-state index contributed by atoms with van der Waals surface area (Å²) in [5.74, 6) is 0.527. The van der Waals surface area contributed by atoms with Gasteiger partial charge in [0.25, 0.3) is 0 Å². The Kier molecular flexibility index (Phi) is 8.14. The third kappa shape index (κ3) is 5.92. The summed E-state index contributed by atoms with van der Waals surface area (Å²) in [6, 6.07) is 7.65. The lowest BCUT2D eigenvalue weighted by Gasteiger charge is -2.47. The van der Waals surface area contributed by atoms with Gasteiger partial charge in [-0.2, -0.15) is 0 Å². The predicted octanol–water partition coefficient (Wildman–Crippen LogP) is 4.00. The summed E-state index contributed by atoms with van der Waals surface area (Å²) in [7, 11) is 0. The highest BCUT2D eigenvalue weighted by molar-refractivity contribution is 6.33. The van der Waals surface area contributed by atoms with Crippen LogP contribution in [0.2, 0.25) is 10.0 Å². The average Bonchev–Trinajstić information content (AvgIpc) is 2.81. The second-order valence-electron chi connectivity index (χ2n) is 9.02. The van der Waals surface area contributed by atoms with Gasteiger partial charge in [0.15, 0.2) is 5.96 Å². The Balaban J connectivity index is 1.34. The first kappa shape index (κ1) is 25.0. The normalized spacial score (nSPS) is 20.5. The van der Waals surface area contributed by atoms with E-state index in [1.54, 1.807) is 24.4 Å². The van der Waals surface area contributed by atoms with Crippen molar-refractivity contribution in [2.24, 2.45) is 16.5 Å². The number of guanidine groups is 1. The summed E-state index contributed by atoms with van der Waals surface area (Å²) >= 11 is 12.4. The van der Waals surface area contributed by atoms with Crippen molar-refractivity contribution in [2.75, 3.05) is 37.6 Å². The molecule has 1 aromatic carbocycles. The minimum absolute atomic E-state index is 0.0189. The number of halogens is 3. The van der Waals surface area contributed by atoms with Gasteiger partial charge >= 0.3 is 0 Å². The molecular weight excluding hydrogens is 476 g/mol. The Morgan fingerprint density at radius 2 is 1.91 bits per heavy atom. The predicted molar refractivity (Wildman–Crippen MR) is 137 cm³/mol. The number of aromatic nitrogens is 1. The van der Waals surface area contributed by atoms with Gasteiger partial charge in [0.2, 0.25) is 0 Å². The molecular formula is C24H32Cl2FN7. The van der Waals surface area contributed by atoms with Crippen LogP contribution in [0.4, 0.5) is 15.9 Å². The number of piperazine rings is 1. The van der Waals surface area contributed by atoms with Crippen LogP contribution in [0, 0.1) is 5.82 Å². The molecule has 2 aromatic rings. The van der Waals surface area contributed by atoms with Gasteiger partial charge in [-0.1, -0.05) is 36.2 Å². The molecule has 7 nitrogen and oxygen atoms in total. The number of pyridine rings is 1. The third-order valence-electron chi connectivity index (χ3n) is 6.80. The van der Waals surface area contributed by atoms with Crippen LogP contribution in [0.15, 0.2) is 35.5 Å². The number of nitrogens with zero attached hydrogens (tertiary/aromatic N) is 5. The molecule has 0 aliphatic carbocycles. The van der Waals surface area contributed by atoms with Crippen LogP contribution < -0.4 is 16.4 Å². The van der Waals surface area contributed by atoms with Crippen LogP contribution in [0.3, 0.4) is 0 Å². The fraction of sp³-hybridized carbons (Fsp3) is 0.500. The summed E-state index contributed by atoms with van der Waals surface area (Å²) in [6.07, 6.45) is 4.86. The van der Waals surface area contributed by atoms with E-state index in [9.17, 15) is 4.39 Å². The van der Waals surface area contributed by atoms with Crippen molar-refractivity contribution >= 4 is 40.7 Å². The van der Waals surface area contributed by atoms with E-state index in [4.69, 9.17) is 34.7 Å². The first-order chi connectivity index (χ1) is 16.3. The maximum Gasteiger partial charge on any atom is 0.191 e. The molecule has 184 valence electrons. The summed E-state index contributed by atoms with van der Waals surface area (Å²) < 4.78 is 14.2. The van der Waals surface area contributed by atoms with Gasteiger partial charge in [0, 0.05) is 48.8 Å². The molecule has 0 radical (unpaired) electrons. The Morgan fingerprint density at radius 3 is 2.56 bits per heavy atom. The monoisotopic (exact) mass is 507 g/mol. The third-order valence-corrected chi connectivity index (χ3v) is 7.31. The zero-order chi connectivity index (χ0) is 24.2. The van der Waals surface area contributed by atoms with Crippen molar-refractivity contribution in [1.29, 1.82) is 0 Å². The van der Waals surface area contributed by atoms with Crippen molar-refractivity contribution in [3.63, 3.8) is 0 Å². The second kappa shape index (κ2) is 11.1. The first-order valence-corrected chi connectivity index (χ1v) is 12.5. The minimum Gasteiger partial charge on any atom is -0.370 e. The molecule has 2 aliphatic rings. The van der Waals surface area contributed by atoms with Crippen LogP contribution in [-0.2, 0) is 6.54 Å². The van der Waals surface area contributed by atoms with E-state index in [-0.39, 0.29) is 11.8 Å². The highest BCUT2D eigenvalue weighted by Gasteiger charge is 2.34. The number of benzene rings is 1. The topological polar surface area (TPSA) is 87.0 Å². The van der Waals surface area contributed by atoms with E-state index in [1.807, 2.05) is 0 Å². The molecule has 3 heterocycles. The fourth-order valence-electron chi connectivity index (χ4n) is 5.07. The van der Waals surface area contributed by atoms with E-state index in [0.717, 1.165) is 57.8 Å². The van der Waals surface area contributed by atoms with Gasteiger partial charge in [-0.05, 0) is 50.6 Å². The summed E-state index contributed by atoms with van der Waals surface area (Å²) in [6.45, 7) is 7.48. The molecule has 10 heteroatoms. The quantitative estimate of drug-likeness (QED) is 0.453. The average molecular weight is 508 g/mol. The lowest BCUT2D eigenvalue weighted by molar-refractivity contribution is 0.0607. The maximum absolute atomic E-state index is 14.2.